The molecule has 0 bridgehead atoms. The highest BCUT2D eigenvalue weighted by Gasteiger charge is 2.13. The van der Waals surface area contributed by atoms with Gasteiger partial charge in [-0.15, -0.1) is 0 Å². The van der Waals surface area contributed by atoms with Crippen molar-refractivity contribution in [3.8, 4) is 0 Å². The Hall–Kier alpha value is -3.61. The van der Waals surface area contributed by atoms with Crippen LogP contribution >= 0.6 is 0 Å². The maximum Gasteiger partial charge on any atom is 0.247 e. The summed E-state index contributed by atoms with van der Waals surface area (Å²) in [5.74, 6) is 0.579. The summed E-state index contributed by atoms with van der Waals surface area (Å²) >= 11 is 0. The van der Waals surface area contributed by atoms with Gasteiger partial charge in [0.2, 0.25) is 5.91 Å². The van der Waals surface area contributed by atoms with Crippen LogP contribution in [-0.2, 0) is 24.9 Å². The highest BCUT2D eigenvalue weighted by atomic mass is 16.3. The SMILES string of the molecule is Cn1cc(CN(CCn2ccnc2)C(=O)/C=C/c2cc3ccccc3o2)cn1. The number of furan rings is 1. The van der Waals surface area contributed by atoms with E-state index in [1.54, 1.807) is 40.5 Å². The summed E-state index contributed by atoms with van der Waals surface area (Å²) in [6, 6.07) is 9.71. The lowest BCUT2D eigenvalue weighted by Crippen LogP contribution is -2.32. The average Bonchev–Trinajstić information content (AvgIpc) is 3.43. The molecule has 0 fully saturated rings. The van der Waals surface area contributed by atoms with Crippen LogP contribution in [0.2, 0.25) is 0 Å². The lowest BCUT2D eigenvalue weighted by Gasteiger charge is -2.20. The lowest BCUT2D eigenvalue weighted by atomic mass is 10.2. The Labute approximate surface area is 162 Å². The molecule has 0 aliphatic heterocycles. The van der Waals surface area contributed by atoms with E-state index < -0.39 is 0 Å². The number of para-hydroxylation sites is 1. The Balaban J connectivity index is 1.49. The van der Waals surface area contributed by atoms with Crippen molar-refractivity contribution in [2.75, 3.05) is 6.54 Å². The number of amides is 1. The first-order chi connectivity index (χ1) is 13.7. The fourth-order valence-electron chi connectivity index (χ4n) is 3.04. The van der Waals surface area contributed by atoms with E-state index in [0.717, 1.165) is 16.5 Å². The minimum Gasteiger partial charge on any atom is -0.457 e. The van der Waals surface area contributed by atoms with E-state index in [0.29, 0.717) is 25.4 Å². The van der Waals surface area contributed by atoms with Gasteiger partial charge < -0.3 is 13.9 Å². The van der Waals surface area contributed by atoms with Gasteiger partial charge in [-0.3, -0.25) is 9.48 Å². The van der Waals surface area contributed by atoms with Crippen LogP contribution in [0.15, 0.2) is 71.9 Å². The quantitative estimate of drug-likeness (QED) is 0.466. The van der Waals surface area contributed by atoms with Crippen LogP contribution in [0.25, 0.3) is 17.0 Å². The molecule has 0 unspecified atom stereocenters. The topological polar surface area (TPSA) is 69.1 Å². The summed E-state index contributed by atoms with van der Waals surface area (Å²) in [6.07, 6.45) is 12.3. The van der Waals surface area contributed by atoms with E-state index in [9.17, 15) is 4.79 Å². The van der Waals surface area contributed by atoms with E-state index in [2.05, 4.69) is 10.1 Å². The number of carbonyl (C=O) groups is 1. The largest absolute Gasteiger partial charge is 0.457 e. The number of hydrogen-bond donors (Lipinski definition) is 0. The van der Waals surface area contributed by atoms with Gasteiger partial charge in [0, 0.05) is 62.3 Å². The number of nitrogens with zero attached hydrogens (tertiary/aromatic N) is 5. The number of fused-ring (bicyclic) bond motifs is 1. The summed E-state index contributed by atoms with van der Waals surface area (Å²) in [7, 11) is 1.86. The molecule has 28 heavy (non-hydrogen) atoms. The number of rotatable bonds is 7. The van der Waals surface area contributed by atoms with Crippen molar-refractivity contribution >= 4 is 23.0 Å². The zero-order chi connectivity index (χ0) is 19.3. The van der Waals surface area contributed by atoms with Crippen LogP contribution in [0.1, 0.15) is 11.3 Å². The Morgan fingerprint density at radius 1 is 1.32 bits per heavy atom. The van der Waals surface area contributed by atoms with Crippen LogP contribution in [-0.4, -0.2) is 36.7 Å². The third kappa shape index (κ3) is 4.20. The van der Waals surface area contributed by atoms with Gasteiger partial charge in [-0.05, 0) is 18.2 Å². The van der Waals surface area contributed by atoms with Crippen molar-refractivity contribution < 1.29 is 9.21 Å². The van der Waals surface area contributed by atoms with Crippen LogP contribution in [0.3, 0.4) is 0 Å². The number of aromatic nitrogens is 4. The molecule has 142 valence electrons. The van der Waals surface area contributed by atoms with Gasteiger partial charge in [0.1, 0.15) is 11.3 Å². The molecule has 0 N–H and O–H groups in total. The molecule has 3 aromatic heterocycles. The Kier molecular flexibility index (Phi) is 5.05. The molecule has 1 aromatic carbocycles. The number of hydrogen-bond acceptors (Lipinski definition) is 4. The summed E-state index contributed by atoms with van der Waals surface area (Å²) in [6.45, 7) is 1.73. The average molecular weight is 375 g/mol. The highest BCUT2D eigenvalue weighted by molar-refractivity contribution is 5.92. The summed E-state index contributed by atoms with van der Waals surface area (Å²) in [5, 5.41) is 5.20. The predicted octanol–water partition coefficient (Wildman–Crippen LogP) is 3.11. The smallest absolute Gasteiger partial charge is 0.247 e. The third-order valence-corrected chi connectivity index (χ3v) is 4.47. The van der Waals surface area contributed by atoms with Gasteiger partial charge in [0.25, 0.3) is 0 Å². The van der Waals surface area contributed by atoms with E-state index >= 15 is 0 Å². The molecule has 3 heterocycles. The number of aryl methyl sites for hydroxylation is 1. The number of imidazole rings is 1. The van der Waals surface area contributed by atoms with Gasteiger partial charge in [-0.2, -0.15) is 5.10 Å². The Bertz CT molecular complexity index is 1060. The van der Waals surface area contributed by atoms with Crippen molar-refractivity contribution in [2.24, 2.45) is 7.05 Å². The minimum absolute atomic E-state index is 0.0792. The molecule has 0 aliphatic carbocycles. The second-order valence-corrected chi connectivity index (χ2v) is 6.60. The van der Waals surface area contributed by atoms with Crippen molar-refractivity contribution in [2.45, 2.75) is 13.1 Å². The molecule has 0 atom stereocenters. The minimum atomic E-state index is -0.0792. The molecule has 0 saturated heterocycles. The summed E-state index contributed by atoms with van der Waals surface area (Å²) in [5.41, 5.74) is 1.79. The second kappa shape index (κ2) is 7.96. The normalized spacial score (nSPS) is 11.5. The van der Waals surface area contributed by atoms with Crippen LogP contribution in [0.5, 0.6) is 0 Å². The first kappa shape index (κ1) is 17.8. The first-order valence-corrected chi connectivity index (χ1v) is 9.06. The van der Waals surface area contributed by atoms with Gasteiger partial charge >= 0.3 is 0 Å². The molecule has 1 amide bonds. The van der Waals surface area contributed by atoms with Crippen molar-refractivity contribution in [3.05, 3.63) is 78.8 Å². The highest BCUT2D eigenvalue weighted by Crippen LogP contribution is 2.19. The van der Waals surface area contributed by atoms with Gasteiger partial charge in [0.15, 0.2) is 0 Å². The maximum absolute atomic E-state index is 12.8. The molecule has 0 spiro atoms. The van der Waals surface area contributed by atoms with E-state index in [4.69, 9.17) is 4.42 Å². The summed E-state index contributed by atoms with van der Waals surface area (Å²) < 4.78 is 9.44. The van der Waals surface area contributed by atoms with Gasteiger partial charge in [-0.1, -0.05) is 18.2 Å². The van der Waals surface area contributed by atoms with E-state index in [1.165, 1.54) is 0 Å². The van der Waals surface area contributed by atoms with Crippen molar-refractivity contribution in [1.29, 1.82) is 0 Å². The van der Waals surface area contributed by atoms with Gasteiger partial charge in [-0.25, -0.2) is 4.98 Å². The number of benzene rings is 1. The maximum atomic E-state index is 12.8. The van der Waals surface area contributed by atoms with Crippen molar-refractivity contribution in [3.63, 3.8) is 0 Å². The molecule has 4 rings (SSSR count). The Morgan fingerprint density at radius 2 is 2.21 bits per heavy atom. The predicted molar refractivity (Wildman–Crippen MR) is 106 cm³/mol. The zero-order valence-electron chi connectivity index (χ0n) is 15.6. The fourth-order valence-corrected chi connectivity index (χ4v) is 3.04. The van der Waals surface area contributed by atoms with Crippen LogP contribution in [0.4, 0.5) is 0 Å². The lowest BCUT2D eigenvalue weighted by molar-refractivity contribution is -0.126. The summed E-state index contributed by atoms with van der Waals surface area (Å²) in [4.78, 5) is 18.7. The molecule has 0 saturated carbocycles. The van der Waals surface area contributed by atoms with E-state index in [-0.39, 0.29) is 5.91 Å². The van der Waals surface area contributed by atoms with Crippen LogP contribution < -0.4 is 0 Å². The monoisotopic (exact) mass is 375 g/mol. The molecule has 4 aromatic rings. The molecular formula is C21H21N5O2. The fraction of sp³-hybridized carbons (Fsp3) is 0.190. The zero-order valence-corrected chi connectivity index (χ0v) is 15.6. The molecule has 0 aliphatic rings. The third-order valence-electron chi connectivity index (χ3n) is 4.47. The first-order valence-electron chi connectivity index (χ1n) is 9.06. The second-order valence-electron chi connectivity index (χ2n) is 6.60. The van der Waals surface area contributed by atoms with Crippen LogP contribution in [0, 0.1) is 0 Å². The Morgan fingerprint density at radius 3 is 2.96 bits per heavy atom. The molecule has 0 radical (unpaired) electrons. The van der Waals surface area contributed by atoms with Gasteiger partial charge in [0.05, 0.1) is 12.5 Å². The van der Waals surface area contributed by atoms with Crippen molar-refractivity contribution in [1.82, 2.24) is 24.2 Å². The molecule has 7 heteroatoms. The molecular weight excluding hydrogens is 354 g/mol. The standard InChI is InChI=1S/C21H21N5O2/c1-24-14-17(13-23-24)15-26(11-10-25-9-8-22-16-25)21(27)7-6-19-12-18-4-2-3-5-20(18)28-19/h2-9,12-14,16H,10-11,15H2,1H3/b7-6+. The number of carbonyl (C=O) groups excluding carboxylic acids is 1. The van der Waals surface area contributed by atoms with E-state index in [1.807, 2.05) is 54.3 Å². The molecule has 7 nitrogen and oxygen atoms in total.